The minimum absolute atomic E-state index is 0.0290. The molecule has 1 heterocycles. The number of carbonyl (C=O) groups is 1. The van der Waals surface area contributed by atoms with Crippen LogP contribution in [0.15, 0.2) is 29.3 Å². The Kier molecular flexibility index (Phi) is 6.49. The van der Waals surface area contributed by atoms with E-state index in [9.17, 15) is 4.79 Å². The van der Waals surface area contributed by atoms with Crippen LogP contribution in [0.2, 0.25) is 5.02 Å². The Morgan fingerprint density at radius 3 is 2.62 bits per heavy atom. The Balaban J connectivity index is 1.85. The van der Waals surface area contributed by atoms with Crippen LogP contribution in [0.25, 0.3) is 0 Å². The van der Waals surface area contributed by atoms with Crippen molar-refractivity contribution in [2.75, 3.05) is 0 Å². The van der Waals surface area contributed by atoms with Crippen molar-refractivity contribution in [1.29, 1.82) is 0 Å². The number of nitrogens with one attached hydrogen (secondary N) is 1. The highest BCUT2D eigenvalue weighted by Crippen LogP contribution is 2.36. The van der Waals surface area contributed by atoms with Crippen LogP contribution in [0.1, 0.15) is 65.4 Å². The average molecular weight is 389 g/mol. The Bertz CT molecular complexity index is 789. The van der Waals surface area contributed by atoms with Gasteiger partial charge in [-0.2, -0.15) is 0 Å². The van der Waals surface area contributed by atoms with Gasteiger partial charge in [0.1, 0.15) is 5.00 Å². The van der Waals surface area contributed by atoms with E-state index in [1.807, 2.05) is 24.3 Å². The summed E-state index contributed by atoms with van der Waals surface area (Å²) in [5, 5.41) is 4.74. The zero-order valence-corrected chi connectivity index (χ0v) is 16.9. The number of halogens is 1. The highest BCUT2D eigenvalue weighted by Gasteiger charge is 2.23. The van der Waals surface area contributed by atoms with E-state index in [2.05, 4.69) is 24.2 Å². The summed E-state index contributed by atoms with van der Waals surface area (Å²) in [4.78, 5) is 18.8. The first kappa shape index (κ1) is 19.1. The summed E-state index contributed by atoms with van der Waals surface area (Å²) in [5.41, 5.74) is 2.84. The van der Waals surface area contributed by atoms with E-state index in [-0.39, 0.29) is 5.91 Å². The lowest BCUT2D eigenvalue weighted by Crippen LogP contribution is -2.36. The second-order valence-electron chi connectivity index (χ2n) is 6.79. The van der Waals surface area contributed by atoms with E-state index in [0.29, 0.717) is 11.1 Å². The standard InChI is InChI=1S/C21H25ClN2OS/c1-3-18-14(2)26-21(23-13-15-9-11-16(22)12-10-15)19(18)20(25)24-17-7-5-4-6-8-17/h9-13,17H,3-8H2,1-2H3,(H,24,25)/b23-13+. The van der Waals surface area contributed by atoms with Gasteiger partial charge in [-0.05, 0) is 49.4 Å². The molecule has 5 heteroatoms. The minimum atomic E-state index is 0.0290. The van der Waals surface area contributed by atoms with Crippen LogP contribution in [0.5, 0.6) is 0 Å². The van der Waals surface area contributed by atoms with Crippen LogP contribution in [0.3, 0.4) is 0 Å². The predicted octanol–water partition coefficient (Wildman–Crippen LogP) is 6.09. The number of aliphatic imine (C=N–C) groups is 1. The number of carbonyl (C=O) groups excluding carboxylic acids is 1. The molecule has 0 atom stereocenters. The van der Waals surface area contributed by atoms with Gasteiger partial charge < -0.3 is 5.32 Å². The van der Waals surface area contributed by atoms with Gasteiger partial charge >= 0.3 is 0 Å². The molecule has 1 amide bonds. The summed E-state index contributed by atoms with van der Waals surface area (Å²) in [6.45, 7) is 4.17. The maximum absolute atomic E-state index is 13.0. The molecule has 1 saturated carbocycles. The fourth-order valence-electron chi connectivity index (χ4n) is 3.50. The summed E-state index contributed by atoms with van der Waals surface area (Å²) < 4.78 is 0. The predicted molar refractivity (Wildman–Crippen MR) is 111 cm³/mol. The monoisotopic (exact) mass is 388 g/mol. The second-order valence-corrected chi connectivity index (χ2v) is 8.43. The lowest BCUT2D eigenvalue weighted by molar-refractivity contribution is 0.0928. The molecule has 0 saturated heterocycles. The topological polar surface area (TPSA) is 41.5 Å². The lowest BCUT2D eigenvalue weighted by atomic mass is 9.95. The molecule has 1 aromatic carbocycles. The molecule has 1 N–H and O–H groups in total. The number of hydrogen-bond acceptors (Lipinski definition) is 3. The number of nitrogens with zero attached hydrogens (tertiary/aromatic N) is 1. The first-order valence-electron chi connectivity index (χ1n) is 9.31. The SMILES string of the molecule is CCc1c(C)sc(/N=C/c2ccc(Cl)cc2)c1C(=O)NC1CCCCC1. The number of benzene rings is 1. The summed E-state index contributed by atoms with van der Waals surface area (Å²) in [5.74, 6) is 0.0290. The molecular formula is C21H25ClN2OS. The fraction of sp³-hybridized carbons (Fsp3) is 0.429. The van der Waals surface area contributed by atoms with E-state index in [4.69, 9.17) is 11.6 Å². The highest BCUT2D eigenvalue weighted by molar-refractivity contribution is 7.16. The van der Waals surface area contributed by atoms with Gasteiger partial charge in [0.2, 0.25) is 0 Å². The van der Waals surface area contributed by atoms with Crippen molar-refractivity contribution in [2.24, 2.45) is 4.99 Å². The van der Waals surface area contributed by atoms with E-state index in [1.54, 1.807) is 17.6 Å². The molecule has 0 aliphatic heterocycles. The Labute approximate surface area is 164 Å². The van der Waals surface area contributed by atoms with Crippen molar-refractivity contribution in [3.8, 4) is 0 Å². The summed E-state index contributed by atoms with van der Waals surface area (Å²) in [6, 6.07) is 7.84. The third kappa shape index (κ3) is 4.54. The van der Waals surface area contributed by atoms with E-state index >= 15 is 0 Å². The van der Waals surface area contributed by atoms with Crippen LogP contribution in [0, 0.1) is 6.92 Å². The Morgan fingerprint density at radius 1 is 1.27 bits per heavy atom. The van der Waals surface area contributed by atoms with Crippen molar-refractivity contribution in [1.82, 2.24) is 5.32 Å². The Hall–Kier alpha value is -1.65. The number of amides is 1. The number of rotatable bonds is 5. The molecule has 0 unspecified atom stereocenters. The smallest absolute Gasteiger partial charge is 0.254 e. The molecule has 1 fully saturated rings. The summed E-state index contributed by atoms with van der Waals surface area (Å²) in [7, 11) is 0. The Morgan fingerprint density at radius 2 is 1.96 bits per heavy atom. The normalized spacial score (nSPS) is 15.5. The molecule has 2 aromatic rings. The molecule has 3 rings (SSSR count). The molecule has 26 heavy (non-hydrogen) atoms. The van der Waals surface area contributed by atoms with E-state index in [0.717, 1.165) is 41.0 Å². The average Bonchev–Trinajstić information content (AvgIpc) is 2.97. The van der Waals surface area contributed by atoms with E-state index < -0.39 is 0 Å². The quantitative estimate of drug-likeness (QED) is 0.619. The summed E-state index contributed by atoms with van der Waals surface area (Å²) >= 11 is 7.53. The first-order chi connectivity index (χ1) is 12.6. The van der Waals surface area contributed by atoms with Crippen LogP contribution in [-0.2, 0) is 6.42 Å². The van der Waals surface area contributed by atoms with E-state index in [1.165, 1.54) is 24.1 Å². The molecule has 0 bridgehead atoms. The molecule has 1 aliphatic rings. The van der Waals surface area contributed by atoms with Gasteiger partial charge in [0.25, 0.3) is 5.91 Å². The number of aryl methyl sites for hydroxylation is 1. The molecule has 0 radical (unpaired) electrons. The molecule has 0 spiro atoms. The fourth-order valence-corrected chi connectivity index (χ4v) is 4.71. The van der Waals surface area contributed by atoms with Crippen LogP contribution < -0.4 is 5.32 Å². The van der Waals surface area contributed by atoms with Crippen LogP contribution >= 0.6 is 22.9 Å². The van der Waals surface area contributed by atoms with Gasteiger partial charge in [-0.15, -0.1) is 11.3 Å². The van der Waals surface area contributed by atoms with Crippen molar-refractivity contribution in [3.63, 3.8) is 0 Å². The lowest BCUT2D eigenvalue weighted by Gasteiger charge is -2.23. The molecule has 1 aromatic heterocycles. The van der Waals surface area contributed by atoms with Crippen LogP contribution in [0.4, 0.5) is 5.00 Å². The van der Waals surface area contributed by atoms with Crippen LogP contribution in [-0.4, -0.2) is 18.2 Å². The molecule has 138 valence electrons. The van der Waals surface area contributed by atoms with Crippen molar-refractivity contribution >= 4 is 40.1 Å². The van der Waals surface area contributed by atoms with Gasteiger partial charge in [-0.3, -0.25) is 4.79 Å². The highest BCUT2D eigenvalue weighted by atomic mass is 35.5. The van der Waals surface area contributed by atoms with Crippen molar-refractivity contribution in [3.05, 3.63) is 50.9 Å². The maximum Gasteiger partial charge on any atom is 0.254 e. The third-order valence-corrected chi connectivity index (χ3v) is 6.22. The second kappa shape index (κ2) is 8.83. The minimum Gasteiger partial charge on any atom is -0.349 e. The molecule has 3 nitrogen and oxygen atoms in total. The number of hydrogen-bond donors (Lipinski definition) is 1. The zero-order valence-electron chi connectivity index (χ0n) is 15.3. The van der Waals surface area contributed by atoms with Gasteiger partial charge in [0, 0.05) is 22.2 Å². The zero-order chi connectivity index (χ0) is 18.5. The van der Waals surface area contributed by atoms with Crippen molar-refractivity contribution in [2.45, 2.75) is 58.4 Å². The van der Waals surface area contributed by atoms with Crippen molar-refractivity contribution < 1.29 is 4.79 Å². The maximum atomic E-state index is 13.0. The van der Waals surface area contributed by atoms with Gasteiger partial charge in [0.15, 0.2) is 0 Å². The number of thiophene rings is 1. The molecule has 1 aliphatic carbocycles. The largest absolute Gasteiger partial charge is 0.349 e. The van der Waals surface area contributed by atoms with Gasteiger partial charge in [-0.1, -0.05) is 49.9 Å². The van der Waals surface area contributed by atoms with Gasteiger partial charge in [0.05, 0.1) is 5.56 Å². The third-order valence-electron chi connectivity index (χ3n) is 4.91. The molecular weight excluding hydrogens is 364 g/mol. The van der Waals surface area contributed by atoms with Gasteiger partial charge in [-0.25, -0.2) is 4.99 Å². The summed E-state index contributed by atoms with van der Waals surface area (Å²) in [6.07, 6.45) is 8.50. The first-order valence-corrected chi connectivity index (χ1v) is 10.5.